The molecule has 1 rings (SSSR count). The van der Waals surface area contributed by atoms with Crippen molar-refractivity contribution in [2.45, 2.75) is 26.0 Å². The molecular formula is C13H13F2NO2. The van der Waals surface area contributed by atoms with Gasteiger partial charge in [0.2, 0.25) is 0 Å². The van der Waals surface area contributed by atoms with Gasteiger partial charge in [0.25, 0.3) is 5.91 Å². The van der Waals surface area contributed by atoms with Gasteiger partial charge in [0.1, 0.15) is 5.75 Å². The van der Waals surface area contributed by atoms with Crippen LogP contribution in [0.4, 0.5) is 8.78 Å². The number of nitrogens with one attached hydrogen (secondary N) is 1. The molecular weight excluding hydrogens is 240 g/mol. The highest BCUT2D eigenvalue weighted by atomic mass is 19.3. The highest BCUT2D eigenvalue weighted by molar-refractivity contribution is 5.94. The molecule has 0 saturated heterocycles. The van der Waals surface area contributed by atoms with Crippen LogP contribution in [0.2, 0.25) is 0 Å². The highest BCUT2D eigenvalue weighted by Gasteiger charge is 2.10. The van der Waals surface area contributed by atoms with E-state index in [9.17, 15) is 13.6 Å². The Morgan fingerprint density at radius 2 is 2.06 bits per heavy atom. The van der Waals surface area contributed by atoms with Gasteiger partial charge in [-0.2, -0.15) is 8.78 Å². The molecule has 0 aliphatic carbocycles. The Morgan fingerprint density at radius 3 is 2.50 bits per heavy atom. The summed E-state index contributed by atoms with van der Waals surface area (Å²) in [6.07, 6.45) is 5.84. The fourth-order valence-corrected chi connectivity index (χ4v) is 1.29. The van der Waals surface area contributed by atoms with Crippen molar-refractivity contribution in [2.24, 2.45) is 0 Å². The summed E-state index contributed by atoms with van der Waals surface area (Å²) in [7, 11) is 0. The van der Waals surface area contributed by atoms with E-state index in [1.807, 2.05) is 6.92 Å². The predicted molar refractivity (Wildman–Crippen MR) is 63.5 cm³/mol. The number of terminal acetylenes is 1. The number of benzene rings is 1. The number of carbonyl (C=O) groups is 1. The molecule has 0 aromatic heterocycles. The van der Waals surface area contributed by atoms with Crippen molar-refractivity contribution < 1.29 is 18.3 Å². The number of alkyl halides is 2. The first-order chi connectivity index (χ1) is 8.56. The fraction of sp³-hybridized carbons (Fsp3) is 0.308. The van der Waals surface area contributed by atoms with Crippen molar-refractivity contribution in [1.82, 2.24) is 5.32 Å². The van der Waals surface area contributed by atoms with Crippen molar-refractivity contribution in [1.29, 1.82) is 0 Å². The van der Waals surface area contributed by atoms with Crippen LogP contribution >= 0.6 is 0 Å². The Bertz CT molecular complexity index is 437. The van der Waals surface area contributed by atoms with E-state index in [1.165, 1.54) is 24.3 Å². The van der Waals surface area contributed by atoms with Gasteiger partial charge >= 0.3 is 6.61 Å². The van der Waals surface area contributed by atoms with Gasteiger partial charge in [0.15, 0.2) is 0 Å². The molecule has 18 heavy (non-hydrogen) atoms. The number of halogens is 2. The molecule has 0 saturated carbocycles. The van der Waals surface area contributed by atoms with Crippen LogP contribution in [-0.2, 0) is 0 Å². The van der Waals surface area contributed by atoms with Gasteiger partial charge in [0, 0.05) is 5.56 Å². The van der Waals surface area contributed by atoms with Gasteiger partial charge in [-0.3, -0.25) is 4.79 Å². The maximum absolute atomic E-state index is 11.9. The van der Waals surface area contributed by atoms with Crippen LogP contribution < -0.4 is 10.1 Å². The molecule has 1 aromatic carbocycles. The minimum atomic E-state index is -2.88. The minimum Gasteiger partial charge on any atom is -0.435 e. The number of rotatable bonds is 5. The van der Waals surface area contributed by atoms with Crippen LogP contribution in [0, 0.1) is 12.3 Å². The van der Waals surface area contributed by atoms with Gasteiger partial charge in [0.05, 0.1) is 6.04 Å². The van der Waals surface area contributed by atoms with Crippen LogP contribution in [0.15, 0.2) is 24.3 Å². The summed E-state index contributed by atoms with van der Waals surface area (Å²) in [6.45, 7) is -1.03. The van der Waals surface area contributed by atoms with Crippen LogP contribution in [0.25, 0.3) is 0 Å². The molecule has 0 fully saturated rings. The van der Waals surface area contributed by atoms with E-state index in [2.05, 4.69) is 16.0 Å². The van der Waals surface area contributed by atoms with Gasteiger partial charge < -0.3 is 10.1 Å². The van der Waals surface area contributed by atoms with Crippen molar-refractivity contribution in [2.75, 3.05) is 0 Å². The van der Waals surface area contributed by atoms with E-state index in [0.29, 0.717) is 12.0 Å². The molecule has 1 aromatic rings. The van der Waals surface area contributed by atoms with Crippen molar-refractivity contribution >= 4 is 5.91 Å². The number of amides is 1. The number of ether oxygens (including phenoxy) is 1. The number of carbonyl (C=O) groups excluding carboxylic acids is 1. The Balaban J connectivity index is 2.67. The zero-order chi connectivity index (χ0) is 13.5. The fourth-order valence-electron chi connectivity index (χ4n) is 1.29. The summed E-state index contributed by atoms with van der Waals surface area (Å²) in [5.41, 5.74) is 0.338. The number of hydrogen-bond acceptors (Lipinski definition) is 2. The molecule has 3 nitrogen and oxygen atoms in total. The Kier molecular flexibility index (Phi) is 5.12. The largest absolute Gasteiger partial charge is 0.435 e. The summed E-state index contributed by atoms with van der Waals surface area (Å²) in [6, 6.07) is 5.07. The molecule has 1 unspecified atom stereocenters. The lowest BCUT2D eigenvalue weighted by Crippen LogP contribution is -2.33. The first-order valence-electron chi connectivity index (χ1n) is 5.38. The minimum absolute atomic E-state index is 0.00513. The Hall–Kier alpha value is -2.09. The third kappa shape index (κ3) is 4.06. The summed E-state index contributed by atoms with van der Waals surface area (Å²) in [5, 5.41) is 2.63. The van der Waals surface area contributed by atoms with Crippen LogP contribution in [0.1, 0.15) is 23.7 Å². The second kappa shape index (κ2) is 6.60. The molecule has 0 radical (unpaired) electrons. The predicted octanol–water partition coefficient (Wildman–Crippen LogP) is 2.43. The normalized spacial score (nSPS) is 11.7. The topological polar surface area (TPSA) is 38.3 Å². The van der Waals surface area contributed by atoms with E-state index in [1.54, 1.807) is 0 Å². The molecule has 1 amide bonds. The maximum atomic E-state index is 11.9. The third-order valence-electron chi connectivity index (χ3n) is 2.26. The van der Waals surface area contributed by atoms with E-state index in [-0.39, 0.29) is 17.7 Å². The summed E-state index contributed by atoms with van der Waals surface area (Å²) in [4.78, 5) is 11.7. The molecule has 0 aliphatic rings. The maximum Gasteiger partial charge on any atom is 0.387 e. The molecule has 1 atom stereocenters. The highest BCUT2D eigenvalue weighted by Crippen LogP contribution is 2.14. The molecule has 0 spiro atoms. The molecule has 1 N–H and O–H groups in total. The number of hydrogen-bond donors (Lipinski definition) is 1. The Morgan fingerprint density at radius 1 is 1.44 bits per heavy atom. The first kappa shape index (κ1) is 14.0. The van der Waals surface area contributed by atoms with Crippen LogP contribution in [0.3, 0.4) is 0 Å². The van der Waals surface area contributed by atoms with Gasteiger partial charge in [-0.25, -0.2) is 0 Å². The molecule has 0 aliphatic heterocycles. The standard InChI is InChI=1S/C13H13F2NO2/c1-3-10(4-2)16-12(17)9-5-7-11(8-6-9)18-13(14)15/h1,5-8,10,13H,4H2,2H3,(H,16,17). The first-order valence-corrected chi connectivity index (χ1v) is 5.38. The van der Waals surface area contributed by atoms with Crippen molar-refractivity contribution in [3.8, 4) is 18.1 Å². The second-order valence-electron chi connectivity index (χ2n) is 3.50. The van der Waals surface area contributed by atoms with Gasteiger partial charge in [-0.15, -0.1) is 6.42 Å². The quantitative estimate of drug-likeness (QED) is 0.818. The molecule has 0 bridgehead atoms. The second-order valence-corrected chi connectivity index (χ2v) is 3.50. The van der Waals surface area contributed by atoms with Crippen molar-refractivity contribution in [3.63, 3.8) is 0 Å². The Labute approximate surface area is 104 Å². The van der Waals surface area contributed by atoms with Crippen LogP contribution in [-0.4, -0.2) is 18.6 Å². The molecule has 0 heterocycles. The zero-order valence-corrected chi connectivity index (χ0v) is 9.82. The smallest absolute Gasteiger partial charge is 0.387 e. The van der Waals surface area contributed by atoms with Gasteiger partial charge in [-0.05, 0) is 30.7 Å². The van der Waals surface area contributed by atoms with E-state index < -0.39 is 6.61 Å². The third-order valence-corrected chi connectivity index (χ3v) is 2.26. The average molecular weight is 253 g/mol. The SMILES string of the molecule is C#CC(CC)NC(=O)c1ccc(OC(F)F)cc1. The molecule has 96 valence electrons. The summed E-state index contributed by atoms with van der Waals surface area (Å²) < 4.78 is 28.0. The lowest BCUT2D eigenvalue weighted by molar-refractivity contribution is -0.0498. The lowest BCUT2D eigenvalue weighted by atomic mass is 10.1. The lowest BCUT2D eigenvalue weighted by Gasteiger charge is -2.11. The van der Waals surface area contributed by atoms with Crippen molar-refractivity contribution in [3.05, 3.63) is 29.8 Å². The monoisotopic (exact) mass is 253 g/mol. The zero-order valence-electron chi connectivity index (χ0n) is 9.82. The summed E-state index contributed by atoms with van der Waals surface area (Å²) in [5.74, 6) is 2.10. The average Bonchev–Trinajstić information content (AvgIpc) is 2.35. The van der Waals surface area contributed by atoms with E-state index in [0.717, 1.165) is 0 Å². The van der Waals surface area contributed by atoms with E-state index in [4.69, 9.17) is 6.42 Å². The van der Waals surface area contributed by atoms with Gasteiger partial charge in [-0.1, -0.05) is 12.8 Å². The summed E-state index contributed by atoms with van der Waals surface area (Å²) >= 11 is 0. The molecule has 5 heteroatoms. The van der Waals surface area contributed by atoms with E-state index >= 15 is 0 Å². The van der Waals surface area contributed by atoms with Crippen LogP contribution in [0.5, 0.6) is 5.75 Å².